The first kappa shape index (κ1) is 22.5. The van der Waals surface area contributed by atoms with E-state index in [1.165, 1.54) is 0 Å². The molecule has 158 valence electrons. The van der Waals surface area contributed by atoms with E-state index in [0.717, 1.165) is 11.1 Å². The zero-order chi connectivity index (χ0) is 22.2. The van der Waals surface area contributed by atoms with Crippen LogP contribution in [0.25, 0.3) is 0 Å². The van der Waals surface area contributed by atoms with E-state index in [4.69, 9.17) is 23.8 Å². The average molecular weight is 452 g/mol. The molecule has 0 heterocycles. The van der Waals surface area contributed by atoms with Crippen LogP contribution in [0.5, 0.6) is 0 Å². The molecule has 1 atom stereocenters. The van der Waals surface area contributed by atoms with Gasteiger partial charge in [0.15, 0.2) is 5.11 Å². The van der Waals surface area contributed by atoms with Gasteiger partial charge >= 0.3 is 0 Å². The molecule has 0 saturated heterocycles. The molecule has 0 aromatic heterocycles. The van der Waals surface area contributed by atoms with Crippen LogP contribution in [0.1, 0.15) is 34.5 Å². The molecular formula is C24H22ClN3O2S. The van der Waals surface area contributed by atoms with Crippen LogP contribution >= 0.6 is 23.8 Å². The Morgan fingerprint density at radius 1 is 0.935 bits per heavy atom. The zero-order valence-electron chi connectivity index (χ0n) is 16.9. The third-order valence-corrected chi connectivity index (χ3v) is 5.05. The Labute approximate surface area is 191 Å². The first-order chi connectivity index (χ1) is 14.9. The van der Waals surface area contributed by atoms with Gasteiger partial charge < -0.3 is 16.0 Å². The fourth-order valence-corrected chi connectivity index (χ4v) is 3.35. The van der Waals surface area contributed by atoms with Crippen LogP contribution in [0.3, 0.4) is 0 Å². The highest BCUT2D eigenvalue weighted by molar-refractivity contribution is 7.80. The summed E-state index contributed by atoms with van der Waals surface area (Å²) in [4.78, 5) is 25.1. The maximum Gasteiger partial charge on any atom is 0.253 e. The summed E-state index contributed by atoms with van der Waals surface area (Å²) in [7, 11) is 0. The molecule has 3 rings (SSSR count). The number of hydrogen-bond donors (Lipinski definition) is 3. The SMILES string of the molecule is CC(NC(=O)c1ccccc1NC(=S)NC(=O)Cc1ccc(Cl)cc1)c1ccccc1. The smallest absolute Gasteiger partial charge is 0.253 e. The first-order valence-electron chi connectivity index (χ1n) is 9.72. The fraction of sp³-hybridized carbons (Fsp3) is 0.125. The molecule has 0 bridgehead atoms. The molecule has 3 aromatic carbocycles. The number of rotatable bonds is 6. The number of hydrogen-bond acceptors (Lipinski definition) is 3. The molecule has 3 N–H and O–H groups in total. The summed E-state index contributed by atoms with van der Waals surface area (Å²) in [5, 5.41) is 9.30. The van der Waals surface area contributed by atoms with Crippen molar-refractivity contribution < 1.29 is 9.59 Å². The monoisotopic (exact) mass is 451 g/mol. The molecule has 0 saturated carbocycles. The Hall–Kier alpha value is -3.22. The van der Waals surface area contributed by atoms with E-state index in [2.05, 4.69) is 16.0 Å². The van der Waals surface area contributed by atoms with E-state index in [0.29, 0.717) is 16.3 Å². The van der Waals surface area contributed by atoms with Crippen molar-refractivity contribution in [1.29, 1.82) is 0 Å². The summed E-state index contributed by atoms with van der Waals surface area (Å²) < 4.78 is 0. The highest BCUT2D eigenvalue weighted by Gasteiger charge is 2.16. The van der Waals surface area contributed by atoms with Crippen molar-refractivity contribution in [3.8, 4) is 0 Å². The number of benzene rings is 3. The summed E-state index contributed by atoms with van der Waals surface area (Å²) >= 11 is 11.1. The normalized spacial score (nSPS) is 11.3. The van der Waals surface area contributed by atoms with Crippen LogP contribution in [-0.2, 0) is 11.2 Å². The highest BCUT2D eigenvalue weighted by Crippen LogP contribution is 2.18. The quantitative estimate of drug-likeness (QED) is 0.467. The standard InChI is InChI=1S/C24H22ClN3O2S/c1-16(18-7-3-2-4-8-18)26-23(30)20-9-5-6-10-21(20)27-24(31)28-22(29)15-17-11-13-19(25)14-12-17/h2-14,16H,15H2,1H3,(H,26,30)(H2,27,28,29,31). The number of anilines is 1. The maximum atomic E-state index is 12.8. The predicted octanol–water partition coefficient (Wildman–Crippen LogP) is 4.89. The molecule has 31 heavy (non-hydrogen) atoms. The number of para-hydroxylation sites is 1. The second-order valence-corrected chi connectivity index (χ2v) is 7.80. The largest absolute Gasteiger partial charge is 0.345 e. The third-order valence-electron chi connectivity index (χ3n) is 4.60. The molecule has 2 amide bonds. The van der Waals surface area contributed by atoms with Crippen molar-refractivity contribution in [2.75, 3.05) is 5.32 Å². The Balaban J connectivity index is 1.61. The first-order valence-corrected chi connectivity index (χ1v) is 10.5. The van der Waals surface area contributed by atoms with Gasteiger partial charge in [0, 0.05) is 5.02 Å². The lowest BCUT2D eigenvalue weighted by Gasteiger charge is -2.17. The van der Waals surface area contributed by atoms with Crippen molar-refractivity contribution in [2.24, 2.45) is 0 Å². The van der Waals surface area contributed by atoms with Gasteiger partial charge in [-0.1, -0.05) is 66.2 Å². The Morgan fingerprint density at radius 3 is 2.29 bits per heavy atom. The van der Waals surface area contributed by atoms with E-state index in [9.17, 15) is 9.59 Å². The molecule has 7 heteroatoms. The number of carbonyl (C=O) groups is 2. The maximum absolute atomic E-state index is 12.8. The number of halogens is 1. The summed E-state index contributed by atoms with van der Waals surface area (Å²) in [5.74, 6) is -0.505. The van der Waals surface area contributed by atoms with Crippen molar-refractivity contribution in [3.63, 3.8) is 0 Å². The summed E-state index contributed by atoms with van der Waals surface area (Å²) in [6, 6.07) is 23.6. The Bertz CT molecular complexity index is 1070. The van der Waals surface area contributed by atoms with Crippen LogP contribution in [0, 0.1) is 0 Å². The van der Waals surface area contributed by atoms with E-state index in [1.807, 2.05) is 37.3 Å². The van der Waals surface area contributed by atoms with Crippen molar-refractivity contribution >= 4 is 46.4 Å². The van der Waals surface area contributed by atoms with Gasteiger partial charge in [0.1, 0.15) is 0 Å². The number of amides is 2. The van der Waals surface area contributed by atoms with Crippen molar-refractivity contribution in [3.05, 3.63) is 101 Å². The zero-order valence-corrected chi connectivity index (χ0v) is 18.5. The van der Waals surface area contributed by atoms with Gasteiger partial charge in [0.25, 0.3) is 5.91 Å². The molecule has 5 nitrogen and oxygen atoms in total. The number of thiocarbonyl (C=S) groups is 1. The van der Waals surface area contributed by atoms with Crippen LogP contribution < -0.4 is 16.0 Å². The van der Waals surface area contributed by atoms with Gasteiger partial charge in [-0.2, -0.15) is 0 Å². The summed E-state index contributed by atoms with van der Waals surface area (Å²) in [6.07, 6.45) is 0.162. The van der Waals surface area contributed by atoms with Crippen LogP contribution in [0.15, 0.2) is 78.9 Å². The van der Waals surface area contributed by atoms with E-state index in [1.54, 1.807) is 48.5 Å². The molecule has 0 aliphatic rings. The minimum Gasteiger partial charge on any atom is -0.345 e. The molecule has 0 radical (unpaired) electrons. The van der Waals surface area contributed by atoms with Crippen LogP contribution in [0.2, 0.25) is 5.02 Å². The van der Waals surface area contributed by atoms with Crippen LogP contribution in [0.4, 0.5) is 5.69 Å². The van der Waals surface area contributed by atoms with Crippen molar-refractivity contribution in [2.45, 2.75) is 19.4 Å². The lowest BCUT2D eigenvalue weighted by atomic mass is 10.1. The minimum absolute atomic E-state index is 0.121. The minimum atomic E-state index is -0.264. The molecular weight excluding hydrogens is 430 g/mol. The third kappa shape index (κ3) is 6.64. The Kier molecular flexibility index (Phi) is 7.76. The molecule has 0 aliphatic heterocycles. The van der Waals surface area contributed by atoms with Gasteiger partial charge in [0.2, 0.25) is 5.91 Å². The van der Waals surface area contributed by atoms with Gasteiger partial charge in [0.05, 0.1) is 23.7 Å². The second-order valence-electron chi connectivity index (χ2n) is 6.96. The average Bonchev–Trinajstić information content (AvgIpc) is 2.76. The molecule has 3 aromatic rings. The number of carbonyl (C=O) groups excluding carboxylic acids is 2. The van der Waals surface area contributed by atoms with E-state index >= 15 is 0 Å². The van der Waals surface area contributed by atoms with E-state index in [-0.39, 0.29) is 29.4 Å². The van der Waals surface area contributed by atoms with E-state index < -0.39 is 0 Å². The number of nitrogens with one attached hydrogen (secondary N) is 3. The molecule has 0 aliphatic carbocycles. The summed E-state index contributed by atoms with van der Waals surface area (Å²) in [6.45, 7) is 1.92. The molecule has 0 spiro atoms. The van der Waals surface area contributed by atoms with Gasteiger partial charge in [-0.05, 0) is 54.5 Å². The lowest BCUT2D eigenvalue weighted by Crippen LogP contribution is -2.36. The fourth-order valence-electron chi connectivity index (χ4n) is 3.00. The highest BCUT2D eigenvalue weighted by atomic mass is 35.5. The second kappa shape index (κ2) is 10.7. The van der Waals surface area contributed by atoms with Crippen LogP contribution in [-0.4, -0.2) is 16.9 Å². The van der Waals surface area contributed by atoms with Gasteiger partial charge in [-0.25, -0.2) is 0 Å². The lowest BCUT2D eigenvalue weighted by molar-refractivity contribution is -0.119. The predicted molar refractivity (Wildman–Crippen MR) is 128 cm³/mol. The Morgan fingerprint density at radius 2 is 1.58 bits per heavy atom. The van der Waals surface area contributed by atoms with Gasteiger partial charge in [-0.15, -0.1) is 0 Å². The molecule has 0 fully saturated rings. The van der Waals surface area contributed by atoms with Crippen molar-refractivity contribution in [1.82, 2.24) is 10.6 Å². The summed E-state index contributed by atoms with van der Waals surface area (Å²) in [5.41, 5.74) is 2.77. The molecule has 1 unspecified atom stereocenters. The topological polar surface area (TPSA) is 70.2 Å². The van der Waals surface area contributed by atoms with Gasteiger partial charge in [-0.3, -0.25) is 9.59 Å².